The maximum Gasteiger partial charge on any atom is 0.175 e. The molecule has 0 aliphatic rings. The summed E-state index contributed by atoms with van der Waals surface area (Å²) >= 11 is 4.53. The van der Waals surface area contributed by atoms with Crippen molar-refractivity contribution in [2.75, 3.05) is 6.26 Å². The summed E-state index contributed by atoms with van der Waals surface area (Å²) in [5.74, 6) is -0.613. The van der Waals surface area contributed by atoms with Crippen LogP contribution in [0.4, 0.5) is 4.39 Å². The molecule has 70 valence electrons. The van der Waals surface area contributed by atoms with Crippen molar-refractivity contribution in [3.63, 3.8) is 0 Å². The van der Waals surface area contributed by atoms with Crippen molar-refractivity contribution in [2.45, 2.75) is 4.90 Å². The Balaban J connectivity index is 3.34. The topological polar surface area (TPSA) is 34.1 Å². The van der Waals surface area contributed by atoms with Gasteiger partial charge in [-0.15, -0.1) is 0 Å². The van der Waals surface area contributed by atoms with Gasteiger partial charge in [-0.25, -0.2) is 12.8 Å². The van der Waals surface area contributed by atoms with Crippen LogP contribution < -0.4 is 0 Å². The lowest BCUT2D eigenvalue weighted by Gasteiger charge is -1.99. The molecule has 0 aromatic heterocycles. The Morgan fingerprint density at radius 3 is 2.46 bits per heavy atom. The Morgan fingerprint density at radius 1 is 1.46 bits per heavy atom. The molecule has 0 radical (unpaired) electrons. The minimum absolute atomic E-state index is 0.0365. The van der Waals surface area contributed by atoms with Gasteiger partial charge in [0, 0.05) is 17.2 Å². The molecule has 0 fully saturated rings. The Kier molecular flexibility index (Phi) is 2.77. The fourth-order valence-electron chi connectivity index (χ4n) is 0.834. The Bertz CT molecular complexity index is 437. The van der Waals surface area contributed by atoms with E-state index in [1.807, 2.05) is 0 Å². The van der Waals surface area contributed by atoms with Crippen molar-refractivity contribution < 1.29 is 12.8 Å². The van der Waals surface area contributed by atoms with E-state index in [-0.39, 0.29) is 10.5 Å². The highest BCUT2D eigenvalue weighted by Gasteiger charge is 2.09. The minimum Gasteiger partial charge on any atom is -0.224 e. The Hall–Kier alpha value is -0.810. The summed E-state index contributed by atoms with van der Waals surface area (Å²) in [6.07, 6.45) is 1.03. The van der Waals surface area contributed by atoms with Crippen molar-refractivity contribution >= 4 is 27.4 Å². The summed E-state index contributed by atoms with van der Waals surface area (Å²) in [7, 11) is -3.34. The summed E-state index contributed by atoms with van der Waals surface area (Å²) in [5.41, 5.74) is 0.224. The molecule has 0 aliphatic heterocycles. The van der Waals surface area contributed by atoms with Crippen LogP contribution in [0.25, 0.3) is 0 Å². The molecule has 1 aromatic carbocycles. The summed E-state index contributed by atoms with van der Waals surface area (Å²) in [5, 5.41) is 1.17. The highest BCUT2D eigenvalue weighted by Crippen LogP contribution is 2.13. The summed E-state index contributed by atoms with van der Waals surface area (Å²) < 4.78 is 35.0. The van der Waals surface area contributed by atoms with Crippen LogP contribution in [0, 0.1) is 5.82 Å². The number of hydrogen-bond donors (Lipinski definition) is 0. The van der Waals surface area contributed by atoms with E-state index in [1.54, 1.807) is 0 Å². The van der Waals surface area contributed by atoms with Crippen molar-refractivity contribution in [3.8, 4) is 0 Å². The fourth-order valence-corrected chi connectivity index (χ4v) is 1.66. The molecule has 0 saturated heterocycles. The lowest BCUT2D eigenvalue weighted by molar-refractivity contribution is 0.595. The molecule has 0 saturated carbocycles. The molecular formula is C8H7FO2S2. The quantitative estimate of drug-likeness (QED) is 0.707. The van der Waals surface area contributed by atoms with Gasteiger partial charge in [0.05, 0.1) is 4.90 Å². The first kappa shape index (κ1) is 10.3. The molecule has 0 aliphatic carbocycles. The molecule has 0 N–H and O–H groups in total. The summed E-state index contributed by atoms with van der Waals surface area (Å²) in [4.78, 5) is -0.0365. The van der Waals surface area contributed by atoms with Gasteiger partial charge in [-0.05, 0) is 18.2 Å². The first-order chi connectivity index (χ1) is 5.95. The van der Waals surface area contributed by atoms with E-state index in [0.717, 1.165) is 12.3 Å². The Labute approximate surface area is 81.3 Å². The third kappa shape index (κ3) is 2.32. The van der Waals surface area contributed by atoms with Gasteiger partial charge in [0.25, 0.3) is 0 Å². The molecule has 0 heterocycles. The van der Waals surface area contributed by atoms with Gasteiger partial charge >= 0.3 is 0 Å². The highest BCUT2D eigenvalue weighted by atomic mass is 32.2. The molecule has 13 heavy (non-hydrogen) atoms. The average Bonchev–Trinajstić information content (AvgIpc) is 2.02. The van der Waals surface area contributed by atoms with E-state index in [2.05, 4.69) is 12.2 Å². The predicted molar refractivity (Wildman–Crippen MR) is 52.3 cm³/mol. The molecule has 0 unspecified atom stereocenters. The Morgan fingerprint density at radius 2 is 2.08 bits per heavy atom. The molecule has 2 nitrogen and oxygen atoms in total. The second-order valence-electron chi connectivity index (χ2n) is 2.57. The zero-order valence-corrected chi connectivity index (χ0v) is 8.45. The predicted octanol–water partition coefficient (Wildman–Crippen LogP) is 1.58. The van der Waals surface area contributed by atoms with Crippen molar-refractivity contribution in [1.29, 1.82) is 0 Å². The normalized spacial score (nSPS) is 11.2. The molecular weight excluding hydrogens is 211 g/mol. The molecule has 0 atom stereocenters. The van der Waals surface area contributed by atoms with Crippen LogP contribution in [0.15, 0.2) is 23.1 Å². The fraction of sp³-hybridized carbons (Fsp3) is 0.125. The van der Waals surface area contributed by atoms with Crippen LogP contribution in [0.3, 0.4) is 0 Å². The standard InChI is InChI=1S/C8H7FO2S2/c1-13(10,11)7-3-2-6(5-12)8(9)4-7/h2-5H,1H3. The molecule has 0 spiro atoms. The van der Waals surface area contributed by atoms with Crippen LogP contribution in [0.5, 0.6) is 0 Å². The largest absolute Gasteiger partial charge is 0.224 e. The number of hydrogen-bond acceptors (Lipinski definition) is 3. The smallest absolute Gasteiger partial charge is 0.175 e. The first-order valence-corrected chi connectivity index (χ1v) is 5.76. The van der Waals surface area contributed by atoms with E-state index in [9.17, 15) is 12.8 Å². The first-order valence-electron chi connectivity index (χ1n) is 3.40. The number of sulfone groups is 1. The van der Waals surface area contributed by atoms with Gasteiger partial charge in [0.15, 0.2) is 9.84 Å². The van der Waals surface area contributed by atoms with E-state index in [4.69, 9.17) is 0 Å². The van der Waals surface area contributed by atoms with Crippen molar-refractivity contribution in [1.82, 2.24) is 0 Å². The zero-order chi connectivity index (χ0) is 10.1. The van der Waals surface area contributed by atoms with Crippen molar-refractivity contribution in [2.24, 2.45) is 0 Å². The molecule has 1 rings (SSSR count). The third-order valence-electron chi connectivity index (χ3n) is 1.53. The van der Waals surface area contributed by atoms with Gasteiger partial charge in [0.1, 0.15) is 5.82 Å². The second-order valence-corrected chi connectivity index (χ2v) is 4.82. The number of benzene rings is 1. The summed E-state index contributed by atoms with van der Waals surface area (Å²) in [6, 6.07) is 3.64. The SMILES string of the molecule is CS(=O)(=O)c1ccc(C=S)c(F)c1. The van der Waals surface area contributed by atoms with E-state index < -0.39 is 15.7 Å². The molecule has 5 heteroatoms. The van der Waals surface area contributed by atoms with Gasteiger partial charge in [-0.3, -0.25) is 0 Å². The summed E-state index contributed by atoms with van der Waals surface area (Å²) in [6.45, 7) is 0. The maximum absolute atomic E-state index is 13.0. The van der Waals surface area contributed by atoms with Crippen LogP contribution in [0.2, 0.25) is 0 Å². The van der Waals surface area contributed by atoms with E-state index in [0.29, 0.717) is 0 Å². The van der Waals surface area contributed by atoms with Gasteiger partial charge in [0.2, 0.25) is 0 Å². The van der Waals surface area contributed by atoms with Crippen LogP contribution in [0.1, 0.15) is 5.56 Å². The lowest BCUT2D eigenvalue weighted by Crippen LogP contribution is -1.99. The molecule has 0 bridgehead atoms. The average molecular weight is 218 g/mol. The highest BCUT2D eigenvalue weighted by molar-refractivity contribution is 7.90. The van der Waals surface area contributed by atoms with E-state index in [1.165, 1.54) is 17.5 Å². The van der Waals surface area contributed by atoms with Gasteiger partial charge < -0.3 is 0 Å². The number of rotatable bonds is 2. The van der Waals surface area contributed by atoms with Crippen LogP contribution in [-0.2, 0) is 9.84 Å². The molecule has 1 aromatic rings. The third-order valence-corrected chi connectivity index (χ3v) is 2.89. The van der Waals surface area contributed by atoms with E-state index >= 15 is 0 Å². The zero-order valence-electron chi connectivity index (χ0n) is 6.82. The maximum atomic E-state index is 13.0. The van der Waals surface area contributed by atoms with Gasteiger partial charge in [-0.2, -0.15) is 0 Å². The van der Waals surface area contributed by atoms with Crippen molar-refractivity contribution in [3.05, 3.63) is 29.6 Å². The van der Waals surface area contributed by atoms with Gasteiger partial charge in [-0.1, -0.05) is 12.2 Å². The second kappa shape index (κ2) is 3.51. The van der Waals surface area contributed by atoms with Crippen LogP contribution in [-0.4, -0.2) is 20.0 Å². The van der Waals surface area contributed by atoms with Crippen LogP contribution >= 0.6 is 12.2 Å². The number of thiocarbonyl (C=S) groups is 1. The minimum atomic E-state index is -3.34. The molecule has 0 amide bonds. The number of halogens is 1. The lowest BCUT2D eigenvalue weighted by atomic mass is 10.2. The monoisotopic (exact) mass is 218 g/mol.